The summed E-state index contributed by atoms with van der Waals surface area (Å²) in [7, 11) is 0. The van der Waals surface area contributed by atoms with Crippen molar-refractivity contribution in [1.29, 1.82) is 0 Å². The Hall–Kier alpha value is -2.33. The van der Waals surface area contributed by atoms with Crippen LogP contribution in [0.5, 0.6) is 11.5 Å². The molecule has 0 spiro atoms. The largest absolute Gasteiger partial charge is 0.491 e. The molecule has 0 aromatic heterocycles. The fraction of sp³-hybridized carbons (Fsp3) is 0.278. The molecule has 0 amide bonds. The Morgan fingerprint density at radius 2 is 1.73 bits per heavy atom. The molecule has 1 aliphatic carbocycles. The minimum atomic E-state index is -0.729. The van der Waals surface area contributed by atoms with Crippen LogP contribution in [0.25, 0.3) is 0 Å². The maximum Gasteiger partial charge on any atom is 0.163 e. The zero-order valence-corrected chi connectivity index (χ0v) is 12.2. The Morgan fingerprint density at radius 1 is 0.955 bits per heavy atom. The molecule has 2 aromatic carbocycles. The van der Waals surface area contributed by atoms with Gasteiger partial charge in [0.25, 0.3) is 0 Å². The van der Waals surface area contributed by atoms with Crippen molar-refractivity contribution >= 4 is 5.78 Å². The topological polar surface area (TPSA) is 55.8 Å². The highest BCUT2D eigenvalue weighted by Gasteiger charge is 2.22. The number of ether oxygens (including phenoxy) is 2. The molecule has 22 heavy (non-hydrogen) atoms. The van der Waals surface area contributed by atoms with Gasteiger partial charge in [-0.15, -0.1) is 0 Å². The molecule has 1 unspecified atom stereocenters. The minimum Gasteiger partial charge on any atom is -0.491 e. The summed E-state index contributed by atoms with van der Waals surface area (Å²) in [5.41, 5.74) is 1.69. The first-order chi connectivity index (χ1) is 10.7. The van der Waals surface area contributed by atoms with Gasteiger partial charge in [0.1, 0.15) is 30.8 Å². The molecule has 0 bridgehead atoms. The SMILES string of the molecule is O=C1CCc2c(OCC(O)COc3ccccc3)cccc21. The van der Waals surface area contributed by atoms with E-state index in [-0.39, 0.29) is 19.0 Å². The normalized spacial score (nSPS) is 14.5. The molecule has 0 radical (unpaired) electrons. The molecule has 0 fully saturated rings. The number of benzene rings is 2. The molecule has 0 saturated heterocycles. The number of rotatable bonds is 6. The number of aliphatic hydroxyl groups excluding tert-OH is 1. The molecule has 4 nitrogen and oxygen atoms in total. The number of para-hydroxylation sites is 1. The van der Waals surface area contributed by atoms with Crippen molar-refractivity contribution < 1.29 is 19.4 Å². The standard InChI is InChI=1S/C18H18O4/c19-13(11-21-14-5-2-1-3-6-14)12-22-18-8-4-7-15-16(18)9-10-17(15)20/h1-8,13,19H,9-12H2. The molecule has 2 aromatic rings. The second-order valence-electron chi connectivity index (χ2n) is 5.29. The van der Waals surface area contributed by atoms with Crippen LogP contribution in [0.1, 0.15) is 22.3 Å². The summed E-state index contributed by atoms with van der Waals surface area (Å²) in [5.74, 6) is 1.56. The van der Waals surface area contributed by atoms with Crippen LogP contribution >= 0.6 is 0 Å². The van der Waals surface area contributed by atoms with Crippen molar-refractivity contribution in [3.63, 3.8) is 0 Å². The average molecular weight is 298 g/mol. The highest BCUT2D eigenvalue weighted by Crippen LogP contribution is 2.30. The van der Waals surface area contributed by atoms with E-state index >= 15 is 0 Å². The summed E-state index contributed by atoms with van der Waals surface area (Å²) in [5, 5.41) is 9.96. The van der Waals surface area contributed by atoms with Crippen molar-refractivity contribution in [1.82, 2.24) is 0 Å². The van der Waals surface area contributed by atoms with E-state index in [1.54, 1.807) is 0 Å². The molecule has 0 aliphatic heterocycles. The third-order valence-corrected chi connectivity index (χ3v) is 3.65. The van der Waals surface area contributed by atoms with Gasteiger partial charge in [0.2, 0.25) is 0 Å². The first-order valence-corrected chi connectivity index (χ1v) is 7.38. The summed E-state index contributed by atoms with van der Waals surface area (Å²) < 4.78 is 11.1. The fourth-order valence-electron chi connectivity index (χ4n) is 2.54. The summed E-state index contributed by atoms with van der Waals surface area (Å²) in [6, 6.07) is 14.8. The number of hydrogen-bond donors (Lipinski definition) is 1. The van der Waals surface area contributed by atoms with Crippen LogP contribution < -0.4 is 9.47 Å². The van der Waals surface area contributed by atoms with E-state index in [1.807, 2.05) is 48.5 Å². The predicted octanol–water partition coefficient (Wildman–Crippen LogP) is 2.63. The van der Waals surface area contributed by atoms with E-state index in [2.05, 4.69) is 0 Å². The van der Waals surface area contributed by atoms with Gasteiger partial charge in [0.15, 0.2) is 5.78 Å². The van der Waals surface area contributed by atoms with Crippen molar-refractivity contribution in [2.24, 2.45) is 0 Å². The van der Waals surface area contributed by atoms with Crippen LogP contribution in [0.4, 0.5) is 0 Å². The second kappa shape index (κ2) is 6.62. The first-order valence-electron chi connectivity index (χ1n) is 7.38. The Balaban J connectivity index is 1.54. The third-order valence-electron chi connectivity index (χ3n) is 3.65. The third kappa shape index (κ3) is 3.28. The summed E-state index contributed by atoms with van der Waals surface area (Å²) in [6.45, 7) is 0.301. The van der Waals surface area contributed by atoms with Crippen LogP contribution in [-0.4, -0.2) is 30.2 Å². The molecule has 1 atom stereocenters. The van der Waals surface area contributed by atoms with Gasteiger partial charge < -0.3 is 14.6 Å². The Bertz CT molecular complexity index is 651. The van der Waals surface area contributed by atoms with Crippen LogP contribution in [0.2, 0.25) is 0 Å². The van der Waals surface area contributed by atoms with E-state index in [4.69, 9.17) is 9.47 Å². The molecule has 1 aliphatic rings. The lowest BCUT2D eigenvalue weighted by Gasteiger charge is -2.15. The van der Waals surface area contributed by atoms with E-state index < -0.39 is 6.10 Å². The molecule has 1 N–H and O–H groups in total. The van der Waals surface area contributed by atoms with Crippen molar-refractivity contribution in [3.05, 3.63) is 59.7 Å². The van der Waals surface area contributed by atoms with E-state index in [1.165, 1.54) is 0 Å². The van der Waals surface area contributed by atoms with Gasteiger partial charge >= 0.3 is 0 Å². The van der Waals surface area contributed by atoms with Gasteiger partial charge in [0, 0.05) is 17.5 Å². The van der Waals surface area contributed by atoms with Crippen molar-refractivity contribution in [3.8, 4) is 11.5 Å². The quantitative estimate of drug-likeness (QED) is 0.890. The highest BCUT2D eigenvalue weighted by atomic mass is 16.5. The Morgan fingerprint density at radius 3 is 2.55 bits per heavy atom. The molecule has 3 rings (SSSR count). The van der Waals surface area contributed by atoms with Gasteiger partial charge in [-0.3, -0.25) is 4.79 Å². The Kier molecular flexibility index (Phi) is 4.39. The average Bonchev–Trinajstić information content (AvgIpc) is 2.94. The summed E-state index contributed by atoms with van der Waals surface area (Å²) in [6.07, 6.45) is 0.518. The lowest BCUT2D eigenvalue weighted by atomic mass is 10.1. The molecule has 0 saturated carbocycles. The predicted molar refractivity (Wildman–Crippen MR) is 82.5 cm³/mol. The Labute approximate surface area is 129 Å². The second-order valence-corrected chi connectivity index (χ2v) is 5.29. The van der Waals surface area contributed by atoms with Gasteiger partial charge in [-0.05, 0) is 24.6 Å². The zero-order chi connectivity index (χ0) is 15.4. The number of hydrogen-bond acceptors (Lipinski definition) is 4. The number of carbonyl (C=O) groups excluding carboxylic acids is 1. The van der Waals surface area contributed by atoms with Crippen LogP contribution in [0.15, 0.2) is 48.5 Å². The van der Waals surface area contributed by atoms with Crippen LogP contribution in [0.3, 0.4) is 0 Å². The van der Waals surface area contributed by atoms with E-state index in [9.17, 15) is 9.90 Å². The number of ketones is 1. The number of aliphatic hydroxyl groups is 1. The van der Waals surface area contributed by atoms with Gasteiger partial charge in [-0.2, -0.15) is 0 Å². The zero-order valence-electron chi connectivity index (χ0n) is 12.2. The summed E-state index contributed by atoms with van der Waals surface area (Å²) >= 11 is 0. The number of fused-ring (bicyclic) bond motifs is 1. The minimum absolute atomic E-state index is 0.136. The molecule has 4 heteroatoms. The number of carbonyl (C=O) groups is 1. The van der Waals surface area contributed by atoms with Gasteiger partial charge in [-0.1, -0.05) is 30.3 Å². The monoisotopic (exact) mass is 298 g/mol. The van der Waals surface area contributed by atoms with Gasteiger partial charge in [-0.25, -0.2) is 0 Å². The maximum atomic E-state index is 11.7. The van der Waals surface area contributed by atoms with Crippen molar-refractivity contribution in [2.45, 2.75) is 18.9 Å². The highest BCUT2D eigenvalue weighted by molar-refractivity contribution is 6.01. The molecular formula is C18H18O4. The lowest BCUT2D eigenvalue weighted by Crippen LogP contribution is -2.25. The first kappa shape index (κ1) is 14.6. The summed E-state index contributed by atoms with van der Waals surface area (Å²) in [4.78, 5) is 11.7. The lowest BCUT2D eigenvalue weighted by molar-refractivity contribution is 0.0623. The van der Waals surface area contributed by atoms with E-state index in [0.717, 1.165) is 11.1 Å². The smallest absolute Gasteiger partial charge is 0.163 e. The van der Waals surface area contributed by atoms with Crippen LogP contribution in [0, 0.1) is 0 Å². The molecular weight excluding hydrogens is 280 g/mol. The van der Waals surface area contributed by atoms with Crippen molar-refractivity contribution in [2.75, 3.05) is 13.2 Å². The van der Waals surface area contributed by atoms with Crippen LogP contribution in [-0.2, 0) is 6.42 Å². The van der Waals surface area contributed by atoms with Gasteiger partial charge in [0.05, 0.1) is 0 Å². The maximum absolute atomic E-state index is 11.7. The molecule has 114 valence electrons. The molecule has 0 heterocycles. The van der Waals surface area contributed by atoms with E-state index in [0.29, 0.717) is 24.3 Å². The fourth-order valence-corrected chi connectivity index (χ4v) is 2.54. The number of Topliss-reactive ketones (excluding diaryl/α,β-unsaturated/α-hetero) is 1.